The van der Waals surface area contributed by atoms with Crippen LogP contribution in [0.25, 0.3) is 0 Å². The third kappa shape index (κ3) is 4.67. The summed E-state index contributed by atoms with van der Waals surface area (Å²) in [4.78, 5) is 39.4. The van der Waals surface area contributed by atoms with Crippen molar-refractivity contribution in [3.63, 3.8) is 0 Å². The third-order valence-corrected chi connectivity index (χ3v) is 6.17. The number of benzene rings is 1. The van der Waals surface area contributed by atoms with Crippen molar-refractivity contribution in [2.24, 2.45) is 5.41 Å². The molecule has 1 unspecified atom stereocenters. The van der Waals surface area contributed by atoms with E-state index in [2.05, 4.69) is 4.74 Å². The molecule has 1 aromatic rings. The Morgan fingerprint density at radius 3 is 2.14 bits per heavy atom. The van der Waals surface area contributed by atoms with Crippen LogP contribution in [-0.4, -0.2) is 54.0 Å². The summed E-state index contributed by atoms with van der Waals surface area (Å²) >= 11 is 0. The Labute approximate surface area is 173 Å². The molecule has 1 atom stereocenters. The molecule has 2 amide bonds. The van der Waals surface area contributed by atoms with Crippen LogP contribution in [0.1, 0.15) is 53.0 Å². The van der Waals surface area contributed by atoms with E-state index in [9.17, 15) is 14.4 Å². The fraction of sp³-hybridized carbons (Fsp3) is 0.591. The fourth-order valence-electron chi connectivity index (χ4n) is 3.77. The molecule has 1 aliphatic rings. The lowest BCUT2D eigenvalue weighted by molar-refractivity contribution is -0.153. The molecule has 1 aromatic carbocycles. The summed E-state index contributed by atoms with van der Waals surface area (Å²) in [5.41, 5.74) is -0.266. The van der Waals surface area contributed by atoms with Crippen LogP contribution >= 0.6 is 0 Å². The van der Waals surface area contributed by atoms with E-state index in [1.165, 1.54) is 6.92 Å². The van der Waals surface area contributed by atoms with Crippen LogP contribution in [0.5, 0.6) is 0 Å². The second kappa shape index (κ2) is 9.50. The number of ketones is 1. The Bertz CT molecular complexity index is 730. The summed E-state index contributed by atoms with van der Waals surface area (Å²) in [5.74, 6) is -0.754. The zero-order valence-corrected chi connectivity index (χ0v) is 18.5. The van der Waals surface area contributed by atoms with Crippen molar-refractivity contribution in [2.75, 3.05) is 20.8 Å². The average molecular weight is 407 g/mol. The molecule has 0 aliphatic carbocycles. The number of carbonyl (C=O) groups excluding carboxylic acids is 3. The minimum absolute atomic E-state index is 0.0470. The van der Waals surface area contributed by atoms with Crippen LogP contribution in [0.4, 0.5) is 0 Å². The van der Waals surface area contributed by atoms with Gasteiger partial charge in [-0.1, -0.05) is 30.3 Å². The van der Waals surface area contributed by atoms with Crippen molar-refractivity contribution in [3.05, 3.63) is 35.9 Å². The minimum Gasteiger partial charge on any atom is -0.388 e. The summed E-state index contributed by atoms with van der Waals surface area (Å²) < 4.78 is 4.25. The molecule has 162 valence electrons. The number of nitrogens with one attached hydrogen (secondary N) is 1. The number of methoxy groups -OCH3 is 1. The van der Waals surface area contributed by atoms with Crippen LogP contribution in [0.15, 0.2) is 30.3 Å². The lowest BCUT2D eigenvalue weighted by atomic mass is 9.71. The Kier molecular flexibility index (Phi) is 8.12. The van der Waals surface area contributed by atoms with Crippen LogP contribution in [-0.2, 0) is 24.5 Å². The molecule has 7 heteroatoms. The number of amides is 2. The van der Waals surface area contributed by atoms with Gasteiger partial charge in [-0.15, -0.1) is 0 Å². The van der Waals surface area contributed by atoms with Gasteiger partial charge in [0.2, 0.25) is 5.91 Å². The second-order valence-corrected chi connectivity index (χ2v) is 8.57. The Hall–Kier alpha value is -2.25. The van der Waals surface area contributed by atoms with E-state index in [-0.39, 0.29) is 18.1 Å². The van der Waals surface area contributed by atoms with Crippen molar-refractivity contribution in [3.8, 4) is 0 Å². The van der Waals surface area contributed by atoms with Crippen molar-refractivity contribution in [1.82, 2.24) is 10.4 Å². The van der Waals surface area contributed by atoms with E-state index in [4.69, 9.17) is 5.21 Å². The maximum absolute atomic E-state index is 13.5. The van der Waals surface area contributed by atoms with E-state index < -0.39 is 22.3 Å². The number of likely N-dealkylation sites (tertiary alicyclic amines) is 1. The Balaban J connectivity index is 0.00000132. The molecule has 0 spiro atoms. The second-order valence-electron chi connectivity index (χ2n) is 8.57. The largest absolute Gasteiger partial charge is 0.388 e. The van der Waals surface area contributed by atoms with Crippen LogP contribution in [0.2, 0.25) is 0 Å². The molecule has 1 saturated heterocycles. The van der Waals surface area contributed by atoms with E-state index >= 15 is 0 Å². The highest BCUT2D eigenvalue weighted by Gasteiger charge is 2.57. The average Bonchev–Trinajstić information content (AvgIpc) is 2.99. The maximum atomic E-state index is 13.5. The number of hydrogen-bond donors (Lipinski definition) is 2. The van der Waals surface area contributed by atoms with Crippen molar-refractivity contribution >= 4 is 17.6 Å². The zero-order valence-electron chi connectivity index (χ0n) is 18.5. The molecular formula is C22H34N2O5. The van der Waals surface area contributed by atoms with Gasteiger partial charge in [0.15, 0.2) is 0 Å². The lowest BCUT2D eigenvalue weighted by Gasteiger charge is -2.47. The number of hydrogen-bond acceptors (Lipinski definition) is 5. The zero-order chi connectivity index (χ0) is 22.5. The first-order chi connectivity index (χ1) is 13.4. The summed E-state index contributed by atoms with van der Waals surface area (Å²) in [6.07, 6.45) is 0.644. The monoisotopic (exact) mass is 406 g/mol. The summed E-state index contributed by atoms with van der Waals surface area (Å²) in [6.45, 7) is 8.95. The van der Waals surface area contributed by atoms with Crippen molar-refractivity contribution in [1.29, 1.82) is 0 Å². The van der Waals surface area contributed by atoms with Crippen LogP contribution in [0.3, 0.4) is 0 Å². The summed E-state index contributed by atoms with van der Waals surface area (Å²) in [6, 6.07) is 9.36. The van der Waals surface area contributed by atoms with Gasteiger partial charge in [-0.3, -0.25) is 19.6 Å². The third-order valence-electron chi connectivity index (χ3n) is 6.17. The number of hydroxylamine groups is 1. The minimum atomic E-state index is -1.03. The predicted molar refractivity (Wildman–Crippen MR) is 110 cm³/mol. The fourth-order valence-corrected chi connectivity index (χ4v) is 3.77. The molecular weight excluding hydrogens is 372 g/mol. The summed E-state index contributed by atoms with van der Waals surface area (Å²) in [7, 11) is 3.25. The van der Waals surface area contributed by atoms with Crippen molar-refractivity contribution < 1.29 is 24.3 Å². The number of carbonyl (C=O) groups is 3. The van der Waals surface area contributed by atoms with Crippen LogP contribution < -0.4 is 5.48 Å². The molecule has 1 aliphatic heterocycles. The SMILES string of the molecule is CC(=O)CC1(c2ccccc2)CCN(C(C)(C)C(C)(C)C(=O)NO)C1=O.COC. The molecule has 0 bridgehead atoms. The van der Waals surface area contributed by atoms with Gasteiger partial charge >= 0.3 is 0 Å². The van der Waals surface area contributed by atoms with Gasteiger partial charge in [-0.05, 0) is 46.6 Å². The lowest BCUT2D eigenvalue weighted by Crippen LogP contribution is -2.60. The quantitative estimate of drug-likeness (QED) is 0.559. The van der Waals surface area contributed by atoms with Gasteiger partial charge < -0.3 is 9.64 Å². The molecule has 7 nitrogen and oxygen atoms in total. The molecule has 1 fully saturated rings. The van der Waals surface area contributed by atoms with Gasteiger partial charge in [0.25, 0.3) is 5.91 Å². The molecule has 0 aromatic heterocycles. The molecule has 29 heavy (non-hydrogen) atoms. The first kappa shape index (κ1) is 24.8. The molecule has 1 heterocycles. The van der Waals surface area contributed by atoms with Crippen molar-refractivity contribution in [2.45, 2.75) is 58.4 Å². The Morgan fingerprint density at radius 2 is 1.69 bits per heavy atom. The van der Waals surface area contributed by atoms with Gasteiger partial charge in [0, 0.05) is 27.2 Å². The summed E-state index contributed by atoms with van der Waals surface area (Å²) in [5, 5.41) is 9.09. The highest BCUT2D eigenvalue weighted by molar-refractivity contribution is 5.96. The highest BCUT2D eigenvalue weighted by Crippen LogP contribution is 2.46. The standard InChI is InChI=1S/C20H28N2O4.C2H6O/c1-14(23)13-20(15-9-7-6-8-10-15)11-12-22(17(20)25)19(4,5)18(2,3)16(24)21-26;1-3-2/h6-10,26H,11-13H2,1-5H3,(H,21,24);1-2H3. The van der Waals surface area contributed by atoms with E-state index in [0.717, 1.165) is 5.56 Å². The molecule has 2 rings (SSSR count). The highest BCUT2D eigenvalue weighted by atomic mass is 16.5. The number of nitrogens with zero attached hydrogens (tertiary/aromatic N) is 1. The molecule has 0 saturated carbocycles. The van der Waals surface area contributed by atoms with Gasteiger partial charge in [0.05, 0.1) is 16.4 Å². The first-order valence-corrected chi connectivity index (χ1v) is 9.64. The number of rotatable bonds is 6. The van der Waals surface area contributed by atoms with Crippen LogP contribution in [0, 0.1) is 5.41 Å². The number of ether oxygens (including phenoxy) is 1. The molecule has 2 N–H and O–H groups in total. The maximum Gasteiger partial charge on any atom is 0.251 e. The van der Waals surface area contributed by atoms with E-state index in [1.807, 2.05) is 44.2 Å². The Morgan fingerprint density at radius 1 is 1.17 bits per heavy atom. The predicted octanol–water partition coefficient (Wildman–Crippen LogP) is 2.71. The smallest absolute Gasteiger partial charge is 0.251 e. The topological polar surface area (TPSA) is 95.9 Å². The van der Waals surface area contributed by atoms with E-state index in [0.29, 0.717) is 13.0 Å². The first-order valence-electron chi connectivity index (χ1n) is 9.64. The van der Waals surface area contributed by atoms with Gasteiger partial charge in [0.1, 0.15) is 5.78 Å². The number of Topliss-reactive ketones (excluding diaryl/α,β-unsaturated/α-hetero) is 1. The van der Waals surface area contributed by atoms with E-state index in [1.54, 1.807) is 38.4 Å². The van der Waals surface area contributed by atoms with Gasteiger partial charge in [-0.2, -0.15) is 0 Å². The normalized spacial score (nSPS) is 19.4. The van der Waals surface area contributed by atoms with Gasteiger partial charge in [-0.25, -0.2) is 5.48 Å². The molecule has 0 radical (unpaired) electrons.